The summed E-state index contributed by atoms with van der Waals surface area (Å²) in [5.74, 6) is -1.81. The Labute approximate surface area is 149 Å². The molecule has 0 aliphatic heterocycles. The number of carboxylic acid groups (broad SMARTS) is 1. The van der Waals surface area contributed by atoms with E-state index in [1.54, 1.807) is 24.4 Å². The van der Waals surface area contributed by atoms with Crippen molar-refractivity contribution < 1.29 is 19.1 Å². The molecular formula is C19H19FN2O4. The van der Waals surface area contributed by atoms with Crippen LogP contribution in [0.5, 0.6) is 0 Å². The van der Waals surface area contributed by atoms with E-state index >= 15 is 0 Å². The molecule has 1 heterocycles. The molecule has 0 unspecified atom stereocenters. The van der Waals surface area contributed by atoms with E-state index in [1.807, 2.05) is 0 Å². The molecule has 3 rings (SSSR count). The molecule has 0 radical (unpaired) electrons. The fourth-order valence-electron chi connectivity index (χ4n) is 3.11. The lowest BCUT2D eigenvalue weighted by atomic mass is 9.66. The fourth-order valence-corrected chi connectivity index (χ4v) is 3.11. The molecule has 0 spiro atoms. The first-order chi connectivity index (χ1) is 12.4. The quantitative estimate of drug-likeness (QED) is 0.831. The average molecular weight is 358 g/mol. The number of amides is 1. The number of rotatable bonds is 6. The van der Waals surface area contributed by atoms with Crippen molar-refractivity contribution in [3.05, 3.63) is 64.3 Å². The van der Waals surface area contributed by atoms with Gasteiger partial charge in [0.1, 0.15) is 11.5 Å². The molecule has 0 atom stereocenters. The van der Waals surface area contributed by atoms with E-state index in [0.717, 1.165) is 12.0 Å². The molecule has 6 nitrogen and oxygen atoms in total. The molecule has 1 aromatic heterocycles. The third-order valence-corrected chi connectivity index (χ3v) is 4.82. The van der Waals surface area contributed by atoms with Gasteiger partial charge in [0.05, 0.1) is 12.0 Å². The van der Waals surface area contributed by atoms with E-state index < -0.39 is 22.9 Å². The zero-order valence-corrected chi connectivity index (χ0v) is 14.1. The first kappa shape index (κ1) is 17.8. The Morgan fingerprint density at radius 1 is 1.19 bits per heavy atom. The minimum atomic E-state index is -1.01. The highest BCUT2D eigenvalue weighted by Crippen LogP contribution is 2.44. The number of aliphatic carboxylic acids is 1. The number of nitrogens with one attached hydrogen (secondary N) is 1. The third-order valence-electron chi connectivity index (χ3n) is 4.82. The Kier molecular flexibility index (Phi) is 4.88. The largest absolute Gasteiger partial charge is 0.481 e. The zero-order chi connectivity index (χ0) is 18.7. The van der Waals surface area contributed by atoms with E-state index in [4.69, 9.17) is 0 Å². The van der Waals surface area contributed by atoms with E-state index in [1.165, 1.54) is 22.8 Å². The van der Waals surface area contributed by atoms with E-state index in [0.29, 0.717) is 12.8 Å². The molecule has 1 amide bonds. The van der Waals surface area contributed by atoms with Gasteiger partial charge in [-0.25, -0.2) is 4.39 Å². The number of pyridine rings is 1. The summed E-state index contributed by atoms with van der Waals surface area (Å²) >= 11 is 0. The minimum absolute atomic E-state index is 0.0967. The maximum atomic E-state index is 13.0. The average Bonchev–Trinajstić information content (AvgIpc) is 2.56. The first-order valence-corrected chi connectivity index (χ1v) is 8.37. The number of carbonyl (C=O) groups excluding carboxylic acids is 1. The number of carboxylic acids is 1. The van der Waals surface area contributed by atoms with Gasteiger partial charge in [0.15, 0.2) is 0 Å². The second-order valence-corrected chi connectivity index (χ2v) is 6.65. The predicted molar refractivity (Wildman–Crippen MR) is 93.4 cm³/mol. The van der Waals surface area contributed by atoms with Crippen LogP contribution in [0.3, 0.4) is 0 Å². The number of hydrogen-bond donors (Lipinski definition) is 2. The molecule has 1 aliphatic carbocycles. The molecule has 136 valence electrons. The van der Waals surface area contributed by atoms with Crippen molar-refractivity contribution in [3.8, 4) is 0 Å². The maximum absolute atomic E-state index is 13.0. The standard InChI is InChI=1S/C19H19FN2O4/c20-14-6-4-13(5-7-14)12-22-10-1-3-15(17(22)24)21-16(23)11-19(18(25)26)8-2-9-19/h1,3-7,10H,2,8-9,11-12H2,(H,21,23)(H,25,26). The SMILES string of the molecule is O=C(CC1(C(=O)O)CCC1)Nc1cccn(Cc2ccc(F)cc2)c1=O. The molecule has 2 N–H and O–H groups in total. The Balaban J connectivity index is 1.72. The van der Waals surface area contributed by atoms with Crippen molar-refractivity contribution >= 4 is 17.6 Å². The molecule has 0 saturated heterocycles. The van der Waals surface area contributed by atoms with Gasteiger partial charge in [-0.15, -0.1) is 0 Å². The van der Waals surface area contributed by atoms with Crippen LogP contribution in [-0.4, -0.2) is 21.6 Å². The summed E-state index contributed by atoms with van der Waals surface area (Å²) < 4.78 is 14.4. The van der Waals surface area contributed by atoms with Crippen LogP contribution in [-0.2, 0) is 16.1 Å². The van der Waals surface area contributed by atoms with E-state index in [2.05, 4.69) is 5.32 Å². The van der Waals surface area contributed by atoms with Crippen molar-refractivity contribution in [2.75, 3.05) is 5.32 Å². The summed E-state index contributed by atoms with van der Waals surface area (Å²) in [6, 6.07) is 8.90. The topological polar surface area (TPSA) is 88.4 Å². The summed E-state index contributed by atoms with van der Waals surface area (Å²) in [5.41, 5.74) is -0.565. The lowest BCUT2D eigenvalue weighted by molar-refractivity contribution is -0.157. The Morgan fingerprint density at radius 3 is 2.46 bits per heavy atom. The van der Waals surface area contributed by atoms with Crippen LogP contribution < -0.4 is 10.9 Å². The van der Waals surface area contributed by atoms with Crippen LogP contribution in [0.4, 0.5) is 10.1 Å². The van der Waals surface area contributed by atoms with Crippen molar-refractivity contribution in [2.45, 2.75) is 32.2 Å². The van der Waals surface area contributed by atoms with Gasteiger partial charge in [-0.3, -0.25) is 14.4 Å². The van der Waals surface area contributed by atoms with Crippen molar-refractivity contribution in [1.82, 2.24) is 4.57 Å². The summed E-state index contributed by atoms with van der Waals surface area (Å²) in [5, 5.41) is 11.8. The molecular weight excluding hydrogens is 339 g/mol. The lowest BCUT2D eigenvalue weighted by Gasteiger charge is -2.36. The highest BCUT2D eigenvalue weighted by molar-refractivity contribution is 5.94. The fraction of sp³-hybridized carbons (Fsp3) is 0.316. The van der Waals surface area contributed by atoms with Crippen molar-refractivity contribution in [2.24, 2.45) is 5.41 Å². The van der Waals surface area contributed by atoms with Crippen LogP contribution in [0.2, 0.25) is 0 Å². The molecule has 0 bridgehead atoms. The molecule has 1 fully saturated rings. The van der Waals surface area contributed by atoms with Crippen molar-refractivity contribution in [3.63, 3.8) is 0 Å². The molecule has 1 aliphatic rings. The number of carbonyl (C=O) groups is 2. The highest BCUT2D eigenvalue weighted by atomic mass is 19.1. The Bertz CT molecular complexity index is 885. The van der Waals surface area contributed by atoms with Crippen LogP contribution in [0.15, 0.2) is 47.4 Å². The van der Waals surface area contributed by atoms with Gasteiger partial charge in [0.25, 0.3) is 5.56 Å². The number of halogens is 1. The van der Waals surface area contributed by atoms with Crippen LogP contribution in [0.25, 0.3) is 0 Å². The monoisotopic (exact) mass is 358 g/mol. The van der Waals surface area contributed by atoms with Crippen molar-refractivity contribution in [1.29, 1.82) is 0 Å². The maximum Gasteiger partial charge on any atom is 0.310 e. The van der Waals surface area contributed by atoms with Gasteiger partial charge in [-0.05, 0) is 42.7 Å². The number of aromatic nitrogens is 1. The predicted octanol–water partition coefficient (Wildman–Crippen LogP) is 2.62. The second-order valence-electron chi connectivity index (χ2n) is 6.65. The summed E-state index contributed by atoms with van der Waals surface area (Å²) in [4.78, 5) is 36.1. The Morgan fingerprint density at radius 2 is 1.88 bits per heavy atom. The summed E-state index contributed by atoms with van der Waals surface area (Å²) in [6.07, 6.45) is 3.16. The van der Waals surface area contributed by atoms with Gasteiger partial charge < -0.3 is 15.0 Å². The van der Waals surface area contributed by atoms with Crippen LogP contribution >= 0.6 is 0 Å². The smallest absolute Gasteiger partial charge is 0.310 e. The molecule has 1 aromatic carbocycles. The summed E-state index contributed by atoms with van der Waals surface area (Å²) in [7, 11) is 0. The molecule has 26 heavy (non-hydrogen) atoms. The minimum Gasteiger partial charge on any atom is -0.481 e. The van der Waals surface area contributed by atoms with Gasteiger partial charge in [0.2, 0.25) is 5.91 Å². The molecule has 1 saturated carbocycles. The zero-order valence-electron chi connectivity index (χ0n) is 14.1. The highest BCUT2D eigenvalue weighted by Gasteiger charge is 2.45. The molecule has 2 aromatic rings. The van der Waals surface area contributed by atoms with Crippen LogP contribution in [0, 0.1) is 11.2 Å². The number of hydrogen-bond acceptors (Lipinski definition) is 3. The normalized spacial score (nSPS) is 15.1. The molecule has 7 heteroatoms. The van der Waals surface area contributed by atoms with Gasteiger partial charge in [0, 0.05) is 12.6 Å². The third kappa shape index (κ3) is 3.66. The first-order valence-electron chi connectivity index (χ1n) is 8.37. The van der Waals surface area contributed by atoms with Gasteiger partial charge >= 0.3 is 5.97 Å². The number of benzene rings is 1. The van der Waals surface area contributed by atoms with Gasteiger partial charge in [-0.1, -0.05) is 18.6 Å². The number of nitrogens with zero attached hydrogens (tertiary/aromatic N) is 1. The van der Waals surface area contributed by atoms with E-state index in [9.17, 15) is 23.9 Å². The van der Waals surface area contributed by atoms with E-state index in [-0.39, 0.29) is 24.5 Å². The second kappa shape index (κ2) is 7.11. The number of anilines is 1. The Hall–Kier alpha value is -2.96. The van der Waals surface area contributed by atoms with Gasteiger partial charge in [-0.2, -0.15) is 0 Å². The lowest BCUT2D eigenvalue weighted by Crippen LogP contribution is -2.41. The van der Waals surface area contributed by atoms with Crippen LogP contribution in [0.1, 0.15) is 31.2 Å². The summed E-state index contributed by atoms with van der Waals surface area (Å²) in [6.45, 7) is 0.238.